The zero-order chi connectivity index (χ0) is 24.0. The van der Waals surface area contributed by atoms with E-state index in [1.165, 1.54) is 0 Å². The van der Waals surface area contributed by atoms with E-state index in [0.717, 1.165) is 46.2 Å². The van der Waals surface area contributed by atoms with Gasteiger partial charge < -0.3 is 20.4 Å². The van der Waals surface area contributed by atoms with Crippen LogP contribution in [-0.2, 0) is 35.3 Å². The maximum Gasteiger partial charge on any atom is 0.232 e. The Morgan fingerprint density at radius 2 is 1.03 bits per heavy atom. The maximum absolute atomic E-state index is 12.4. The second-order valence-electron chi connectivity index (χ2n) is 8.39. The first-order valence-corrected chi connectivity index (χ1v) is 11.1. The molecule has 0 heterocycles. The van der Waals surface area contributed by atoms with Gasteiger partial charge in [0.2, 0.25) is 11.6 Å². The zero-order valence-electron chi connectivity index (χ0n) is 19.2. The quantitative estimate of drug-likeness (QED) is 0.395. The van der Waals surface area contributed by atoms with E-state index in [4.69, 9.17) is 0 Å². The molecule has 0 aliphatic heterocycles. The van der Waals surface area contributed by atoms with Gasteiger partial charge in [-0.25, -0.2) is 0 Å². The maximum atomic E-state index is 12.4. The summed E-state index contributed by atoms with van der Waals surface area (Å²) in [5, 5.41) is 41.0. The fourth-order valence-corrected chi connectivity index (χ4v) is 3.81. The van der Waals surface area contributed by atoms with Crippen molar-refractivity contribution in [3.05, 3.63) is 69.8 Å². The third-order valence-corrected chi connectivity index (χ3v) is 5.99. The number of rotatable bonds is 11. The van der Waals surface area contributed by atoms with Gasteiger partial charge in [-0.1, -0.05) is 50.2 Å². The molecule has 2 rings (SSSR count). The van der Waals surface area contributed by atoms with Gasteiger partial charge in [-0.3, -0.25) is 9.59 Å². The van der Waals surface area contributed by atoms with Crippen LogP contribution < -0.4 is 0 Å². The Kier molecular flexibility index (Phi) is 9.28. The van der Waals surface area contributed by atoms with Gasteiger partial charge in [0.1, 0.15) is 12.2 Å². The number of aryl methyl sites for hydroxylation is 4. The van der Waals surface area contributed by atoms with Gasteiger partial charge in [0.15, 0.2) is 0 Å². The number of aliphatic hydroxyl groups is 4. The summed E-state index contributed by atoms with van der Waals surface area (Å²) in [6.07, 6.45) is -5.41. The lowest BCUT2D eigenvalue weighted by Crippen LogP contribution is -2.47. The summed E-state index contributed by atoms with van der Waals surface area (Å²) >= 11 is 0. The standard InChI is InChI=1S/C26H34O6/c1-5-19-11-17(9-7-15(19)3)13-21(27)23(29)25(31)26(32)24(30)22(28)14-18-10-8-16(4)20(6-2)12-18/h7-12,21-24,27-30H,5-6,13-14H2,1-4H3/t21?,22?,23-,24+. The van der Waals surface area contributed by atoms with Gasteiger partial charge >= 0.3 is 0 Å². The fourth-order valence-electron chi connectivity index (χ4n) is 3.81. The van der Waals surface area contributed by atoms with Crippen LogP contribution in [0.2, 0.25) is 0 Å². The van der Waals surface area contributed by atoms with Crippen LogP contribution in [0.1, 0.15) is 47.2 Å². The summed E-state index contributed by atoms with van der Waals surface area (Å²) < 4.78 is 0. The molecular weight excluding hydrogens is 408 g/mol. The van der Waals surface area contributed by atoms with Crippen LogP contribution in [0.5, 0.6) is 0 Å². The number of Topliss-reactive ketones (excluding diaryl/α,β-unsaturated/α-hetero) is 2. The summed E-state index contributed by atoms with van der Waals surface area (Å²) in [7, 11) is 0. The largest absolute Gasteiger partial charge is 0.390 e. The van der Waals surface area contributed by atoms with Crippen molar-refractivity contribution in [2.45, 2.75) is 77.8 Å². The van der Waals surface area contributed by atoms with Gasteiger partial charge in [-0.05, 0) is 60.1 Å². The van der Waals surface area contributed by atoms with Crippen molar-refractivity contribution in [3.8, 4) is 0 Å². The first kappa shape index (κ1) is 25.9. The monoisotopic (exact) mass is 442 g/mol. The van der Waals surface area contributed by atoms with Gasteiger partial charge in [0.25, 0.3) is 0 Å². The summed E-state index contributed by atoms with van der Waals surface area (Å²) in [6, 6.07) is 11.2. The summed E-state index contributed by atoms with van der Waals surface area (Å²) in [5.41, 5.74) is 5.85. The Labute approximate surface area is 189 Å². The zero-order valence-corrected chi connectivity index (χ0v) is 19.2. The van der Waals surface area contributed by atoms with E-state index in [1.54, 1.807) is 12.1 Å². The van der Waals surface area contributed by atoms with Crippen LogP contribution in [-0.4, -0.2) is 56.4 Å². The Balaban J connectivity index is 2.02. The molecule has 32 heavy (non-hydrogen) atoms. The molecule has 0 radical (unpaired) electrons. The van der Waals surface area contributed by atoms with Crippen LogP contribution in [0.15, 0.2) is 36.4 Å². The Hall–Kier alpha value is -2.38. The van der Waals surface area contributed by atoms with Crippen LogP contribution in [0.4, 0.5) is 0 Å². The molecule has 0 spiro atoms. The normalized spacial score (nSPS) is 15.1. The topological polar surface area (TPSA) is 115 Å². The molecule has 2 aromatic carbocycles. The van der Waals surface area contributed by atoms with Crippen LogP contribution in [0, 0.1) is 13.8 Å². The summed E-state index contributed by atoms with van der Waals surface area (Å²) in [6.45, 7) is 7.96. The number of aliphatic hydroxyl groups excluding tert-OH is 4. The Morgan fingerprint density at radius 1 is 0.688 bits per heavy atom. The second kappa shape index (κ2) is 11.5. The number of carbonyl (C=O) groups is 2. The van der Waals surface area contributed by atoms with Gasteiger partial charge in [-0.15, -0.1) is 0 Å². The summed E-state index contributed by atoms with van der Waals surface area (Å²) in [4.78, 5) is 24.7. The average molecular weight is 443 g/mol. The molecule has 4 N–H and O–H groups in total. The third kappa shape index (κ3) is 6.33. The smallest absolute Gasteiger partial charge is 0.232 e. The van der Waals surface area contributed by atoms with E-state index in [1.807, 2.05) is 52.0 Å². The van der Waals surface area contributed by atoms with E-state index >= 15 is 0 Å². The van der Waals surface area contributed by atoms with Crippen molar-refractivity contribution in [2.24, 2.45) is 0 Å². The molecule has 0 amide bonds. The van der Waals surface area contributed by atoms with E-state index in [2.05, 4.69) is 0 Å². The lowest BCUT2D eigenvalue weighted by Gasteiger charge is -2.21. The Bertz CT molecular complexity index is 874. The van der Waals surface area contributed by atoms with E-state index in [0.29, 0.717) is 0 Å². The Morgan fingerprint density at radius 3 is 1.34 bits per heavy atom. The molecule has 0 aliphatic rings. The minimum absolute atomic E-state index is 0.0186. The first-order chi connectivity index (χ1) is 15.1. The highest BCUT2D eigenvalue weighted by Gasteiger charge is 2.36. The minimum Gasteiger partial charge on any atom is -0.390 e. The molecular formula is C26H34O6. The molecule has 0 saturated heterocycles. The lowest BCUT2D eigenvalue weighted by molar-refractivity contribution is -0.152. The van der Waals surface area contributed by atoms with Gasteiger partial charge in [0, 0.05) is 12.8 Å². The number of carbonyl (C=O) groups excluding carboxylic acids is 2. The highest BCUT2D eigenvalue weighted by Crippen LogP contribution is 2.17. The molecule has 174 valence electrons. The second-order valence-corrected chi connectivity index (χ2v) is 8.39. The van der Waals surface area contributed by atoms with Crippen molar-refractivity contribution in [1.82, 2.24) is 0 Å². The van der Waals surface area contributed by atoms with Crippen molar-refractivity contribution < 1.29 is 30.0 Å². The predicted octanol–water partition coefficient (Wildman–Crippen LogP) is 1.80. The number of ketones is 2. The van der Waals surface area contributed by atoms with Crippen LogP contribution >= 0.6 is 0 Å². The number of hydrogen-bond acceptors (Lipinski definition) is 6. The molecule has 0 aromatic heterocycles. The molecule has 0 aliphatic carbocycles. The first-order valence-electron chi connectivity index (χ1n) is 11.1. The fraction of sp³-hybridized carbons (Fsp3) is 0.462. The van der Waals surface area contributed by atoms with Crippen molar-refractivity contribution >= 4 is 11.6 Å². The van der Waals surface area contributed by atoms with Crippen LogP contribution in [0.3, 0.4) is 0 Å². The average Bonchev–Trinajstić information content (AvgIpc) is 2.79. The third-order valence-electron chi connectivity index (χ3n) is 5.99. The minimum atomic E-state index is -1.98. The molecule has 6 nitrogen and oxygen atoms in total. The van der Waals surface area contributed by atoms with Crippen molar-refractivity contribution in [1.29, 1.82) is 0 Å². The SMILES string of the molecule is CCc1cc(CC(O)[C@H](O)C(=O)C(=O)[C@H](O)C(O)Cc2ccc(C)c(CC)c2)ccc1C. The number of hydrogen-bond donors (Lipinski definition) is 4. The molecule has 4 atom stereocenters. The molecule has 2 unspecified atom stereocenters. The highest BCUT2D eigenvalue weighted by molar-refractivity contribution is 6.40. The molecule has 0 bridgehead atoms. The van der Waals surface area contributed by atoms with E-state index in [9.17, 15) is 30.0 Å². The van der Waals surface area contributed by atoms with E-state index < -0.39 is 36.0 Å². The van der Waals surface area contributed by atoms with Crippen LogP contribution in [0.25, 0.3) is 0 Å². The van der Waals surface area contributed by atoms with Gasteiger partial charge in [-0.2, -0.15) is 0 Å². The highest BCUT2D eigenvalue weighted by atomic mass is 16.3. The number of benzene rings is 2. The predicted molar refractivity (Wildman–Crippen MR) is 123 cm³/mol. The van der Waals surface area contributed by atoms with E-state index in [-0.39, 0.29) is 12.8 Å². The molecule has 6 heteroatoms. The molecule has 0 fully saturated rings. The lowest BCUT2D eigenvalue weighted by atomic mass is 9.92. The van der Waals surface area contributed by atoms with Crippen molar-refractivity contribution in [2.75, 3.05) is 0 Å². The van der Waals surface area contributed by atoms with Gasteiger partial charge in [0.05, 0.1) is 12.2 Å². The summed E-state index contributed by atoms with van der Waals surface area (Å²) in [5.74, 6) is -2.63. The van der Waals surface area contributed by atoms with Crippen molar-refractivity contribution in [3.63, 3.8) is 0 Å². The molecule has 2 aromatic rings. The molecule has 0 saturated carbocycles.